The van der Waals surface area contributed by atoms with Crippen molar-refractivity contribution in [2.75, 3.05) is 11.9 Å². The molecular weight excluding hydrogens is 350 g/mol. The number of aromatic nitrogens is 4. The molecule has 0 bridgehead atoms. The Bertz CT molecular complexity index is 869. The van der Waals surface area contributed by atoms with E-state index in [9.17, 15) is 4.79 Å². The van der Waals surface area contributed by atoms with Crippen LogP contribution in [0.5, 0.6) is 5.75 Å². The number of benzene rings is 2. The molecule has 0 saturated carbocycles. The van der Waals surface area contributed by atoms with Crippen LogP contribution in [0.2, 0.25) is 0 Å². The molecule has 0 aliphatic carbocycles. The van der Waals surface area contributed by atoms with Crippen molar-refractivity contribution in [3.63, 3.8) is 0 Å². The molecule has 0 saturated heterocycles. The predicted octanol–water partition coefficient (Wildman–Crippen LogP) is 3.08. The van der Waals surface area contributed by atoms with Gasteiger partial charge in [-0.3, -0.25) is 4.79 Å². The number of carbonyl (C=O) groups is 1. The first-order valence-corrected chi connectivity index (χ1v) is 9.03. The van der Waals surface area contributed by atoms with Gasteiger partial charge in [0.05, 0.1) is 12.3 Å². The molecule has 26 heavy (non-hydrogen) atoms. The number of rotatable bonds is 7. The van der Waals surface area contributed by atoms with Gasteiger partial charge in [-0.2, -0.15) is 0 Å². The maximum atomic E-state index is 13.0. The number of hydrogen-bond acceptors (Lipinski definition) is 6. The van der Waals surface area contributed by atoms with Gasteiger partial charge in [-0.15, -0.1) is 5.10 Å². The molecule has 8 heteroatoms. The number of ether oxygens (including phenoxy) is 1. The maximum absolute atomic E-state index is 13.0. The van der Waals surface area contributed by atoms with Crippen LogP contribution in [0.1, 0.15) is 17.7 Å². The Morgan fingerprint density at radius 2 is 1.92 bits per heavy atom. The fraction of sp³-hybridized carbons (Fsp3) is 0.222. The second-order valence-corrected chi connectivity index (χ2v) is 6.48. The van der Waals surface area contributed by atoms with E-state index in [2.05, 4.69) is 20.8 Å². The monoisotopic (exact) mass is 369 g/mol. The Morgan fingerprint density at radius 1 is 1.19 bits per heavy atom. The lowest BCUT2D eigenvalue weighted by Gasteiger charge is -2.17. The Kier molecular flexibility index (Phi) is 5.85. The normalized spacial score (nSPS) is 11.8. The number of tetrazole rings is 1. The zero-order valence-electron chi connectivity index (χ0n) is 14.5. The number of hydrogen-bond donors (Lipinski definition) is 1. The van der Waals surface area contributed by atoms with Crippen molar-refractivity contribution >= 4 is 23.4 Å². The van der Waals surface area contributed by atoms with Crippen LogP contribution in [0.4, 0.5) is 5.69 Å². The molecule has 3 rings (SSSR count). The van der Waals surface area contributed by atoms with Crippen LogP contribution in [-0.4, -0.2) is 32.7 Å². The zero-order chi connectivity index (χ0) is 18.4. The van der Waals surface area contributed by atoms with Crippen molar-refractivity contribution < 1.29 is 9.53 Å². The third kappa shape index (κ3) is 4.20. The number of carbonyl (C=O) groups excluding carboxylic acids is 1. The van der Waals surface area contributed by atoms with Crippen LogP contribution >= 0.6 is 11.8 Å². The Morgan fingerprint density at radius 3 is 2.62 bits per heavy atom. The predicted molar refractivity (Wildman–Crippen MR) is 100 cm³/mol. The number of thioether (sulfide) groups is 1. The summed E-state index contributed by atoms with van der Waals surface area (Å²) >= 11 is 1.30. The highest BCUT2D eigenvalue weighted by Crippen LogP contribution is 2.35. The van der Waals surface area contributed by atoms with Crippen LogP contribution in [0.15, 0.2) is 59.8 Å². The van der Waals surface area contributed by atoms with Gasteiger partial charge in [-0.05, 0) is 35.0 Å². The second kappa shape index (κ2) is 8.48. The summed E-state index contributed by atoms with van der Waals surface area (Å²) in [6.07, 6.45) is 0. The summed E-state index contributed by atoms with van der Waals surface area (Å²) < 4.78 is 7.13. The fourth-order valence-electron chi connectivity index (χ4n) is 2.38. The molecule has 1 amide bonds. The number of amides is 1. The maximum Gasteiger partial charge on any atom is 0.242 e. The average molecular weight is 369 g/mol. The first kappa shape index (κ1) is 17.9. The third-order valence-electron chi connectivity index (χ3n) is 3.59. The van der Waals surface area contributed by atoms with Gasteiger partial charge in [-0.1, -0.05) is 54.2 Å². The SMILES string of the molecule is CCOc1ccccc1NC(=O)[C@H](Sc1nnnn1C)c1ccccc1. The van der Waals surface area contributed by atoms with Gasteiger partial charge in [0.15, 0.2) is 0 Å². The van der Waals surface area contributed by atoms with Crippen LogP contribution in [0, 0.1) is 0 Å². The minimum atomic E-state index is -0.504. The first-order chi connectivity index (χ1) is 12.7. The topological polar surface area (TPSA) is 81.9 Å². The Balaban J connectivity index is 1.87. The van der Waals surface area contributed by atoms with E-state index in [0.717, 1.165) is 5.56 Å². The number of nitrogens with one attached hydrogen (secondary N) is 1. The molecule has 0 fully saturated rings. The van der Waals surface area contributed by atoms with Gasteiger partial charge in [0.25, 0.3) is 0 Å². The van der Waals surface area contributed by atoms with Gasteiger partial charge >= 0.3 is 0 Å². The van der Waals surface area contributed by atoms with Crippen molar-refractivity contribution in [1.29, 1.82) is 0 Å². The van der Waals surface area contributed by atoms with Crippen molar-refractivity contribution in [1.82, 2.24) is 20.2 Å². The van der Waals surface area contributed by atoms with E-state index in [-0.39, 0.29) is 5.91 Å². The lowest BCUT2D eigenvalue weighted by molar-refractivity contribution is -0.115. The van der Waals surface area contributed by atoms with E-state index >= 15 is 0 Å². The molecule has 7 nitrogen and oxygen atoms in total. The van der Waals surface area contributed by atoms with Crippen LogP contribution < -0.4 is 10.1 Å². The molecule has 1 aromatic heterocycles. The molecular formula is C18H19N5O2S. The molecule has 0 spiro atoms. The average Bonchev–Trinajstić information content (AvgIpc) is 3.07. The zero-order valence-corrected chi connectivity index (χ0v) is 15.3. The summed E-state index contributed by atoms with van der Waals surface area (Å²) in [4.78, 5) is 13.0. The molecule has 1 atom stereocenters. The molecule has 0 radical (unpaired) electrons. The molecule has 1 heterocycles. The summed E-state index contributed by atoms with van der Waals surface area (Å²) in [5, 5.41) is 14.5. The van der Waals surface area contributed by atoms with Crippen molar-refractivity contribution in [3.05, 3.63) is 60.2 Å². The highest BCUT2D eigenvalue weighted by molar-refractivity contribution is 8.00. The summed E-state index contributed by atoms with van der Waals surface area (Å²) in [7, 11) is 1.74. The van der Waals surface area contributed by atoms with Crippen LogP contribution in [-0.2, 0) is 11.8 Å². The second-order valence-electron chi connectivity index (χ2n) is 5.41. The van der Waals surface area contributed by atoms with Crippen LogP contribution in [0.25, 0.3) is 0 Å². The molecule has 0 unspecified atom stereocenters. The van der Waals surface area contributed by atoms with E-state index in [0.29, 0.717) is 23.2 Å². The van der Waals surface area contributed by atoms with Gasteiger partial charge in [0.1, 0.15) is 11.0 Å². The van der Waals surface area contributed by atoms with Crippen molar-refractivity contribution in [2.45, 2.75) is 17.3 Å². The highest BCUT2D eigenvalue weighted by Gasteiger charge is 2.25. The third-order valence-corrected chi connectivity index (χ3v) is 4.87. The minimum absolute atomic E-state index is 0.170. The molecule has 3 aromatic rings. The van der Waals surface area contributed by atoms with Gasteiger partial charge in [-0.25, -0.2) is 4.68 Å². The van der Waals surface area contributed by atoms with Gasteiger partial charge in [0.2, 0.25) is 11.1 Å². The Hall–Kier alpha value is -2.87. The first-order valence-electron chi connectivity index (χ1n) is 8.15. The number of aryl methyl sites for hydroxylation is 1. The lowest BCUT2D eigenvalue weighted by Crippen LogP contribution is -2.20. The smallest absolute Gasteiger partial charge is 0.242 e. The van der Waals surface area contributed by atoms with E-state index in [1.54, 1.807) is 11.7 Å². The summed E-state index contributed by atoms with van der Waals surface area (Å²) in [5.41, 5.74) is 1.50. The Labute approximate surface area is 155 Å². The quantitative estimate of drug-likeness (QED) is 0.645. The number of anilines is 1. The molecule has 0 aliphatic heterocycles. The highest BCUT2D eigenvalue weighted by atomic mass is 32.2. The molecule has 134 valence electrons. The molecule has 1 N–H and O–H groups in total. The van der Waals surface area contributed by atoms with E-state index in [1.807, 2.05) is 61.5 Å². The molecule has 2 aromatic carbocycles. The summed E-state index contributed by atoms with van der Waals surface area (Å²) in [6.45, 7) is 2.43. The van der Waals surface area contributed by atoms with Gasteiger partial charge < -0.3 is 10.1 Å². The van der Waals surface area contributed by atoms with Crippen molar-refractivity contribution in [2.24, 2.45) is 7.05 Å². The van der Waals surface area contributed by atoms with Crippen molar-refractivity contribution in [3.8, 4) is 5.75 Å². The van der Waals surface area contributed by atoms with E-state index in [4.69, 9.17) is 4.74 Å². The minimum Gasteiger partial charge on any atom is -0.492 e. The fourth-order valence-corrected chi connectivity index (χ4v) is 3.32. The number of para-hydroxylation sites is 2. The van der Waals surface area contributed by atoms with E-state index < -0.39 is 5.25 Å². The summed E-state index contributed by atoms with van der Waals surface area (Å²) in [6, 6.07) is 16.9. The number of nitrogens with zero attached hydrogens (tertiary/aromatic N) is 4. The van der Waals surface area contributed by atoms with Gasteiger partial charge in [0, 0.05) is 7.05 Å². The van der Waals surface area contributed by atoms with E-state index in [1.165, 1.54) is 11.8 Å². The molecule has 0 aliphatic rings. The summed E-state index contributed by atoms with van der Waals surface area (Å²) in [5.74, 6) is 0.469. The van der Waals surface area contributed by atoms with Crippen LogP contribution in [0.3, 0.4) is 0 Å². The standard InChI is InChI=1S/C18H19N5O2S/c1-3-25-15-12-8-7-11-14(15)19-17(24)16(13-9-5-4-6-10-13)26-18-20-21-22-23(18)2/h4-12,16H,3H2,1-2H3,(H,19,24)/t16-/m1/s1. The lowest BCUT2D eigenvalue weighted by atomic mass is 10.1. The largest absolute Gasteiger partial charge is 0.492 e.